The SMILES string of the molecule is C=CCCCc1cc(O)cc2c1CC(N)C2. The molecule has 2 heteroatoms. The zero-order valence-corrected chi connectivity index (χ0v) is 9.58. The van der Waals surface area contributed by atoms with Crippen molar-refractivity contribution >= 4 is 0 Å². The molecule has 86 valence electrons. The number of allylic oxidation sites excluding steroid dienone is 1. The summed E-state index contributed by atoms with van der Waals surface area (Å²) in [7, 11) is 0. The van der Waals surface area contributed by atoms with Gasteiger partial charge in [0.05, 0.1) is 0 Å². The molecule has 1 aliphatic rings. The number of phenols is 1. The second-order valence-electron chi connectivity index (χ2n) is 4.59. The van der Waals surface area contributed by atoms with E-state index in [9.17, 15) is 5.11 Å². The van der Waals surface area contributed by atoms with Gasteiger partial charge in [0.15, 0.2) is 0 Å². The Balaban J connectivity index is 2.21. The molecule has 0 bridgehead atoms. The standard InChI is InChI=1S/C14H19NO/c1-2-3-4-5-10-7-13(16)8-11-6-12(15)9-14(10)11/h2,7-8,12,16H,1,3-6,9,15H2. The molecular weight excluding hydrogens is 198 g/mol. The zero-order chi connectivity index (χ0) is 11.5. The normalized spacial score (nSPS) is 18.4. The molecule has 0 aromatic heterocycles. The van der Waals surface area contributed by atoms with Crippen LogP contribution in [0.25, 0.3) is 0 Å². The predicted octanol–water partition coefficient (Wildman–Crippen LogP) is 2.33. The van der Waals surface area contributed by atoms with Crippen molar-refractivity contribution < 1.29 is 5.11 Å². The largest absolute Gasteiger partial charge is 0.508 e. The Kier molecular flexibility index (Phi) is 3.30. The molecule has 2 nitrogen and oxygen atoms in total. The van der Waals surface area contributed by atoms with E-state index in [0.717, 1.165) is 32.1 Å². The first kappa shape index (κ1) is 11.2. The monoisotopic (exact) mass is 217 g/mol. The van der Waals surface area contributed by atoms with Crippen LogP contribution in [0.5, 0.6) is 5.75 Å². The Morgan fingerprint density at radius 3 is 3.00 bits per heavy atom. The van der Waals surface area contributed by atoms with Crippen molar-refractivity contribution in [3.8, 4) is 5.75 Å². The van der Waals surface area contributed by atoms with Gasteiger partial charge < -0.3 is 10.8 Å². The average Bonchev–Trinajstić information content (AvgIpc) is 2.58. The fourth-order valence-electron chi connectivity index (χ4n) is 2.50. The summed E-state index contributed by atoms with van der Waals surface area (Å²) in [6.07, 6.45) is 6.92. The van der Waals surface area contributed by atoms with E-state index >= 15 is 0 Å². The molecule has 2 rings (SSSR count). The van der Waals surface area contributed by atoms with E-state index in [1.165, 1.54) is 16.7 Å². The fraction of sp³-hybridized carbons (Fsp3) is 0.429. The number of hydrogen-bond acceptors (Lipinski definition) is 2. The Labute approximate surface area is 96.8 Å². The van der Waals surface area contributed by atoms with Crippen LogP contribution >= 0.6 is 0 Å². The first-order chi connectivity index (χ1) is 7.70. The van der Waals surface area contributed by atoms with Crippen LogP contribution in [-0.2, 0) is 19.3 Å². The highest BCUT2D eigenvalue weighted by Gasteiger charge is 2.21. The molecule has 0 aliphatic heterocycles. The van der Waals surface area contributed by atoms with Gasteiger partial charge in [0.25, 0.3) is 0 Å². The van der Waals surface area contributed by atoms with Crippen molar-refractivity contribution in [1.82, 2.24) is 0 Å². The number of unbranched alkanes of at least 4 members (excludes halogenated alkanes) is 1. The van der Waals surface area contributed by atoms with Crippen LogP contribution in [-0.4, -0.2) is 11.1 Å². The summed E-state index contributed by atoms with van der Waals surface area (Å²) < 4.78 is 0. The smallest absolute Gasteiger partial charge is 0.116 e. The summed E-state index contributed by atoms with van der Waals surface area (Å²) in [6, 6.07) is 3.98. The van der Waals surface area contributed by atoms with Crippen LogP contribution in [0, 0.1) is 0 Å². The maximum absolute atomic E-state index is 9.66. The summed E-state index contributed by atoms with van der Waals surface area (Å²) >= 11 is 0. The van der Waals surface area contributed by atoms with E-state index in [4.69, 9.17) is 5.73 Å². The van der Waals surface area contributed by atoms with Gasteiger partial charge in [-0.3, -0.25) is 0 Å². The number of phenolic OH excluding ortho intramolecular Hbond substituents is 1. The predicted molar refractivity (Wildman–Crippen MR) is 66.6 cm³/mol. The van der Waals surface area contributed by atoms with Gasteiger partial charge in [-0.2, -0.15) is 0 Å². The number of nitrogens with two attached hydrogens (primary N) is 1. The van der Waals surface area contributed by atoms with Gasteiger partial charge in [-0.1, -0.05) is 6.08 Å². The lowest BCUT2D eigenvalue weighted by Gasteiger charge is -2.08. The van der Waals surface area contributed by atoms with Crippen molar-refractivity contribution in [1.29, 1.82) is 0 Å². The van der Waals surface area contributed by atoms with Crippen LogP contribution in [0.3, 0.4) is 0 Å². The second-order valence-corrected chi connectivity index (χ2v) is 4.59. The molecule has 0 spiro atoms. The Morgan fingerprint density at radius 1 is 1.44 bits per heavy atom. The Hall–Kier alpha value is -1.28. The molecule has 0 saturated heterocycles. The topological polar surface area (TPSA) is 46.2 Å². The van der Waals surface area contributed by atoms with Crippen molar-refractivity contribution in [2.75, 3.05) is 0 Å². The number of benzene rings is 1. The third-order valence-corrected chi connectivity index (χ3v) is 3.22. The highest BCUT2D eigenvalue weighted by Crippen LogP contribution is 2.30. The number of aromatic hydroxyl groups is 1. The summed E-state index contributed by atoms with van der Waals surface area (Å²) in [4.78, 5) is 0. The van der Waals surface area contributed by atoms with Crippen LogP contribution in [0.1, 0.15) is 29.5 Å². The Bertz CT molecular complexity index is 398. The van der Waals surface area contributed by atoms with E-state index in [0.29, 0.717) is 5.75 Å². The van der Waals surface area contributed by atoms with Gasteiger partial charge in [0.2, 0.25) is 0 Å². The van der Waals surface area contributed by atoms with Gasteiger partial charge in [-0.15, -0.1) is 6.58 Å². The van der Waals surface area contributed by atoms with Crippen molar-refractivity contribution in [3.05, 3.63) is 41.5 Å². The quantitative estimate of drug-likeness (QED) is 0.600. The minimum Gasteiger partial charge on any atom is -0.508 e. The van der Waals surface area contributed by atoms with Gasteiger partial charge in [-0.05, 0) is 60.9 Å². The molecule has 16 heavy (non-hydrogen) atoms. The van der Waals surface area contributed by atoms with E-state index in [-0.39, 0.29) is 6.04 Å². The lowest BCUT2D eigenvalue weighted by Crippen LogP contribution is -2.19. The molecule has 0 amide bonds. The molecule has 1 aromatic rings. The molecule has 0 saturated carbocycles. The average molecular weight is 217 g/mol. The maximum Gasteiger partial charge on any atom is 0.116 e. The first-order valence-corrected chi connectivity index (χ1v) is 5.91. The minimum atomic E-state index is 0.231. The molecular formula is C14H19NO. The van der Waals surface area contributed by atoms with Crippen LogP contribution in [0.15, 0.2) is 24.8 Å². The summed E-state index contributed by atoms with van der Waals surface area (Å²) in [5, 5.41) is 9.66. The summed E-state index contributed by atoms with van der Waals surface area (Å²) in [5.41, 5.74) is 9.84. The van der Waals surface area contributed by atoms with Crippen LogP contribution < -0.4 is 5.73 Å². The van der Waals surface area contributed by atoms with E-state index in [1.807, 2.05) is 18.2 Å². The van der Waals surface area contributed by atoms with Crippen LogP contribution in [0.4, 0.5) is 0 Å². The fourth-order valence-corrected chi connectivity index (χ4v) is 2.50. The van der Waals surface area contributed by atoms with E-state index in [2.05, 4.69) is 6.58 Å². The van der Waals surface area contributed by atoms with Crippen molar-refractivity contribution in [3.63, 3.8) is 0 Å². The molecule has 1 aliphatic carbocycles. The van der Waals surface area contributed by atoms with E-state index in [1.54, 1.807) is 0 Å². The number of aryl methyl sites for hydroxylation is 1. The van der Waals surface area contributed by atoms with Gasteiger partial charge in [0, 0.05) is 6.04 Å². The molecule has 0 fully saturated rings. The summed E-state index contributed by atoms with van der Waals surface area (Å²) in [5.74, 6) is 0.376. The minimum absolute atomic E-state index is 0.231. The van der Waals surface area contributed by atoms with Gasteiger partial charge in [0.1, 0.15) is 5.75 Å². The number of hydrogen-bond donors (Lipinski definition) is 2. The van der Waals surface area contributed by atoms with Crippen molar-refractivity contribution in [2.24, 2.45) is 5.73 Å². The molecule has 0 heterocycles. The lowest BCUT2D eigenvalue weighted by atomic mass is 9.98. The van der Waals surface area contributed by atoms with Gasteiger partial charge >= 0.3 is 0 Å². The van der Waals surface area contributed by atoms with Crippen LogP contribution in [0.2, 0.25) is 0 Å². The van der Waals surface area contributed by atoms with Crippen molar-refractivity contribution in [2.45, 2.75) is 38.1 Å². The molecule has 1 unspecified atom stereocenters. The number of rotatable bonds is 4. The van der Waals surface area contributed by atoms with Gasteiger partial charge in [-0.25, -0.2) is 0 Å². The molecule has 1 aromatic carbocycles. The zero-order valence-electron chi connectivity index (χ0n) is 9.58. The summed E-state index contributed by atoms with van der Waals surface area (Å²) in [6.45, 7) is 3.72. The molecule has 0 radical (unpaired) electrons. The number of fused-ring (bicyclic) bond motifs is 1. The van der Waals surface area contributed by atoms with E-state index < -0.39 is 0 Å². The lowest BCUT2D eigenvalue weighted by molar-refractivity contribution is 0.473. The second kappa shape index (κ2) is 4.71. The molecule has 3 N–H and O–H groups in total. The third kappa shape index (κ3) is 2.27. The first-order valence-electron chi connectivity index (χ1n) is 5.91. The maximum atomic E-state index is 9.66. The molecule has 1 atom stereocenters. The highest BCUT2D eigenvalue weighted by molar-refractivity contribution is 5.45. The Morgan fingerprint density at radius 2 is 2.25 bits per heavy atom. The third-order valence-electron chi connectivity index (χ3n) is 3.22. The highest BCUT2D eigenvalue weighted by atomic mass is 16.3.